The fraction of sp³-hybridized carbons (Fsp3) is 0.705. The topological polar surface area (TPSA) is 147 Å². The van der Waals surface area contributed by atoms with Gasteiger partial charge in [-0.2, -0.15) is 0 Å². The molecule has 1 amide bonds. The smallest absolute Gasteiger partial charge is 0.411 e. The first-order valence-corrected chi connectivity index (χ1v) is 20.5. The molecule has 13 nitrogen and oxygen atoms in total. The SMILES string of the molecule is CC[C@H]1OC(=O)[C@H](C)C(=O)[C@H](C)[C@@H](O[C@H]2CC(OC(C)=O)[C@@H](N(C)C)[C@@H](C)O2)[C@](C)(OC)CC[C@@H](C)C(=O)[C@H](C)C2N(C/C=C/Cc3ccccc3)C(=O)O[C@@]21C. The Labute approximate surface area is 339 Å². The highest BCUT2D eigenvalue weighted by molar-refractivity contribution is 6.00. The minimum Gasteiger partial charge on any atom is -0.461 e. The van der Waals surface area contributed by atoms with Crippen LogP contribution in [0.3, 0.4) is 0 Å². The van der Waals surface area contributed by atoms with Crippen LogP contribution in [0.25, 0.3) is 0 Å². The number of allylic oxidation sites excluding steroid dienone is 1. The van der Waals surface area contributed by atoms with Gasteiger partial charge >= 0.3 is 18.0 Å². The number of fused-ring (bicyclic) bond motifs is 1. The fourth-order valence-electron chi connectivity index (χ4n) is 9.21. The molecule has 3 saturated heterocycles. The number of ether oxygens (including phenoxy) is 6. The molecule has 0 spiro atoms. The van der Waals surface area contributed by atoms with Crippen LogP contribution in [0.1, 0.15) is 93.6 Å². The van der Waals surface area contributed by atoms with Crippen LogP contribution in [-0.4, -0.2) is 121 Å². The summed E-state index contributed by atoms with van der Waals surface area (Å²) in [4.78, 5) is 72.2. The molecule has 0 radical (unpaired) electrons. The first kappa shape index (κ1) is 46.0. The first-order chi connectivity index (χ1) is 26.8. The minimum absolute atomic E-state index is 0.0874. The number of rotatable bonds is 10. The van der Waals surface area contributed by atoms with Crippen LogP contribution in [0.15, 0.2) is 42.5 Å². The number of benzene rings is 1. The average molecular weight is 799 g/mol. The van der Waals surface area contributed by atoms with Gasteiger partial charge in [-0.15, -0.1) is 0 Å². The maximum absolute atomic E-state index is 14.5. The third-order valence-electron chi connectivity index (χ3n) is 12.5. The van der Waals surface area contributed by atoms with E-state index in [1.807, 2.05) is 89.2 Å². The van der Waals surface area contributed by atoms with Crippen LogP contribution in [0.5, 0.6) is 0 Å². The van der Waals surface area contributed by atoms with Gasteiger partial charge in [0.05, 0.1) is 29.9 Å². The third-order valence-corrected chi connectivity index (χ3v) is 12.5. The molecule has 0 bridgehead atoms. The normalized spacial score (nSPS) is 37.4. The molecule has 318 valence electrons. The van der Waals surface area contributed by atoms with Crippen molar-refractivity contribution in [3.05, 3.63) is 48.0 Å². The molecule has 4 rings (SSSR count). The molecule has 57 heavy (non-hydrogen) atoms. The maximum atomic E-state index is 14.5. The predicted octanol–water partition coefficient (Wildman–Crippen LogP) is 5.95. The summed E-state index contributed by atoms with van der Waals surface area (Å²) < 4.78 is 37.3. The van der Waals surface area contributed by atoms with E-state index in [0.717, 1.165) is 5.56 Å². The van der Waals surface area contributed by atoms with E-state index in [2.05, 4.69) is 0 Å². The molecule has 3 heterocycles. The van der Waals surface area contributed by atoms with E-state index in [9.17, 15) is 24.0 Å². The van der Waals surface area contributed by atoms with Gasteiger partial charge in [-0.3, -0.25) is 24.1 Å². The lowest BCUT2D eigenvalue weighted by Gasteiger charge is -2.46. The summed E-state index contributed by atoms with van der Waals surface area (Å²) in [6.45, 7) is 15.6. The molecule has 0 aliphatic carbocycles. The number of methoxy groups -OCH3 is 1. The van der Waals surface area contributed by atoms with Crippen molar-refractivity contribution in [2.45, 2.75) is 148 Å². The third kappa shape index (κ3) is 10.3. The van der Waals surface area contributed by atoms with Gasteiger partial charge in [0.15, 0.2) is 17.7 Å². The molecule has 0 saturated carbocycles. The summed E-state index contributed by atoms with van der Waals surface area (Å²) in [6.07, 6.45) is 1.31. The maximum Gasteiger partial charge on any atom is 0.411 e. The van der Waals surface area contributed by atoms with E-state index in [0.29, 0.717) is 19.3 Å². The van der Waals surface area contributed by atoms with Crippen LogP contribution >= 0.6 is 0 Å². The Balaban J connectivity index is 1.70. The van der Waals surface area contributed by atoms with Gasteiger partial charge in [0.1, 0.15) is 23.9 Å². The molecular formula is C44H66N2O11. The van der Waals surface area contributed by atoms with Gasteiger partial charge < -0.3 is 33.3 Å². The number of likely N-dealkylation sites (N-methyl/N-ethyl adjacent to an activating group) is 1. The number of esters is 2. The monoisotopic (exact) mass is 798 g/mol. The molecule has 13 atom stereocenters. The van der Waals surface area contributed by atoms with Gasteiger partial charge in [-0.25, -0.2) is 4.79 Å². The number of ketones is 2. The van der Waals surface area contributed by atoms with E-state index >= 15 is 0 Å². The lowest BCUT2D eigenvalue weighted by atomic mass is 9.75. The van der Waals surface area contributed by atoms with Crippen molar-refractivity contribution >= 4 is 29.6 Å². The molecule has 3 aliphatic heterocycles. The Hall–Kier alpha value is -3.65. The zero-order chi connectivity index (χ0) is 42.4. The first-order valence-electron chi connectivity index (χ1n) is 20.5. The van der Waals surface area contributed by atoms with Crippen molar-refractivity contribution in [1.29, 1.82) is 0 Å². The summed E-state index contributed by atoms with van der Waals surface area (Å²) in [5.74, 6) is -5.07. The van der Waals surface area contributed by atoms with Crippen LogP contribution in [0, 0.1) is 23.7 Å². The summed E-state index contributed by atoms with van der Waals surface area (Å²) in [5.41, 5.74) is -1.42. The van der Waals surface area contributed by atoms with Gasteiger partial charge in [0.2, 0.25) is 0 Å². The molecule has 3 fully saturated rings. The second-order valence-electron chi connectivity index (χ2n) is 16.9. The van der Waals surface area contributed by atoms with Crippen LogP contribution in [-0.2, 0) is 54.0 Å². The van der Waals surface area contributed by atoms with Crippen molar-refractivity contribution in [2.24, 2.45) is 23.7 Å². The molecule has 3 aliphatic rings. The van der Waals surface area contributed by atoms with Gasteiger partial charge in [0.25, 0.3) is 0 Å². The predicted molar refractivity (Wildman–Crippen MR) is 213 cm³/mol. The number of carbonyl (C=O) groups excluding carboxylic acids is 5. The van der Waals surface area contributed by atoms with E-state index in [1.165, 1.54) is 21.0 Å². The lowest BCUT2D eigenvalue weighted by molar-refractivity contribution is -0.279. The highest BCUT2D eigenvalue weighted by Gasteiger charge is 2.60. The minimum atomic E-state index is -1.40. The quantitative estimate of drug-likeness (QED) is 0.119. The summed E-state index contributed by atoms with van der Waals surface area (Å²) in [7, 11) is 5.30. The number of cyclic esters (lactones) is 1. The van der Waals surface area contributed by atoms with Gasteiger partial charge in [-0.05, 0) is 73.0 Å². The van der Waals surface area contributed by atoms with Crippen LogP contribution in [0.4, 0.5) is 4.79 Å². The number of carbonyl (C=O) groups is 5. The largest absolute Gasteiger partial charge is 0.461 e. The molecule has 0 aromatic heterocycles. The van der Waals surface area contributed by atoms with Crippen molar-refractivity contribution in [3.63, 3.8) is 0 Å². The van der Waals surface area contributed by atoms with Gasteiger partial charge in [-0.1, -0.05) is 70.2 Å². The van der Waals surface area contributed by atoms with E-state index in [4.69, 9.17) is 28.4 Å². The summed E-state index contributed by atoms with van der Waals surface area (Å²) in [6, 6.07) is 8.91. The second kappa shape index (κ2) is 19.4. The second-order valence-corrected chi connectivity index (χ2v) is 16.9. The summed E-state index contributed by atoms with van der Waals surface area (Å²) >= 11 is 0. The Morgan fingerprint density at radius 2 is 1.65 bits per heavy atom. The van der Waals surface area contributed by atoms with E-state index in [-0.39, 0.29) is 31.2 Å². The number of nitrogens with zero attached hydrogens (tertiary/aromatic N) is 2. The Morgan fingerprint density at radius 1 is 0.982 bits per heavy atom. The van der Waals surface area contributed by atoms with Crippen LogP contribution < -0.4 is 0 Å². The van der Waals surface area contributed by atoms with Crippen molar-refractivity contribution < 1.29 is 52.4 Å². The standard InChI is InChI=1S/C44H66N2O11/c1-13-34-44(9)39(46(42(51)57-44)24-18-17-21-32-19-15-14-16-20-32)27(3)37(48)26(2)22-23-43(8,52-12)40(28(4)38(49)29(5)41(50)55-34)56-35-25-33(54-31(7)47)36(45(10)11)30(6)53-35/h14-20,26-30,33-36,39-40H,13,21-25H2,1-12H3/b18-17+/t26-,27+,28+,29-,30-,33?,34-,35+,36+,39?,40-,43-,44-/m1/s1. The Kier molecular flexibility index (Phi) is 15.7. The van der Waals surface area contributed by atoms with Crippen molar-refractivity contribution in [3.8, 4) is 0 Å². The van der Waals surface area contributed by atoms with Crippen LogP contribution in [0.2, 0.25) is 0 Å². The lowest BCUT2D eigenvalue weighted by Crippen LogP contribution is -2.58. The fourth-order valence-corrected chi connectivity index (χ4v) is 9.21. The molecule has 0 N–H and O–H groups in total. The summed E-state index contributed by atoms with van der Waals surface area (Å²) in [5, 5.41) is 0. The number of hydrogen-bond donors (Lipinski definition) is 0. The van der Waals surface area contributed by atoms with E-state index in [1.54, 1.807) is 25.7 Å². The molecule has 1 aromatic rings. The zero-order valence-corrected chi connectivity index (χ0v) is 36.0. The number of hydrogen-bond acceptors (Lipinski definition) is 12. The Morgan fingerprint density at radius 3 is 2.25 bits per heavy atom. The van der Waals surface area contributed by atoms with Crippen molar-refractivity contribution in [2.75, 3.05) is 27.7 Å². The Bertz CT molecular complexity index is 1600. The molecule has 13 heteroatoms. The molecule has 1 aromatic carbocycles. The zero-order valence-electron chi connectivity index (χ0n) is 36.0. The van der Waals surface area contributed by atoms with E-state index < -0.39 is 95.4 Å². The average Bonchev–Trinajstić information content (AvgIpc) is 3.43. The van der Waals surface area contributed by atoms with Crippen molar-refractivity contribution in [1.82, 2.24) is 9.80 Å². The highest BCUT2D eigenvalue weighted by atomic mass is 16.7. The highest BCUT2D eigenvalue weighted by Crippen LogP contribution is 2.42. The number of amides is 1. The molecular weight excluding hydrogens is 732 g/mol. The molecule has 2 unspecified atom stereocenters. The number of Topliss-reactive ketones (excluding diaryl/α,β-unsaturated/α-hetero) is 2. The van der Waals surface area contributed by atoms with Gasteiger partial charge in [0, 0.05) is 44.8 Å².